The monoisotopic (exact) mass is 272 g/mol. The number of aryl methyl sites for hydroxylation is 1. The first-order chi connectivity index (χ1) is 9.61. The number of nitrogens with zero attached hydrogens (tertiary/aromatic N) is 2. The fourth-order valence-electron chi connectivity index (χ4n) is 2.80. The molecule has 0 saturated heterocycles. The van der Waals surface area contributed by atoms with Gasteiger partial charge in [0.25, 0.3) is 0 Å². The van der Waals surface area contributed by atoms with Crippen LogP contribution in [-0.4, -0.2) is 21.0 Å². The van der Waals surface area contributed by atoms with Gasteiger partial charge in [-0.1, -0.05) is 50.6 Å². The highest BCUT2D eigenvalue weighted by atomic mass is 16.3. The summed E-state index contributed by atoms with van der Waals surface area (Å²) in [5, 5.41) is 14.9. The van der Waals surface area contributed by atoms with Crippen LogP contribution in [0, 0.1) is 5.92 Å². The maximum atomic E-state index is 10.7. The van der Waals surface area contributed by atoms with Crippen molar-refractivity contribution in [1.29, 1.82) is 0 Å². The molecule has 0 amide bonds. The van der Waals surface area contributed by atoms with Crippen molar-refractivity contribution >= 4 is 0 Å². The fraction of sp³-hybridized carbons (Fsp3) is 0.471. The maximum absolute atomic E-state index is 10.7. The zero-order valence-corrected chi connectivity index (χ0v) is 12.5. The summed E-state index contributed by atoms with van der Waals surface area (Å²) in [6.45, 7) is 4.39. The van der Waals surface area contributed by atoms with Crippen LogP contribution >= 0.6 is 0 Å². The van der Waals surface area contributed by atoms with Gasteiger partial charge in [-0.15, -0.1) is 0 Å². The quantitative estimate of drug-likeness (QED) is 0.877. The van der Waals surface area contributed by atoms with Crippen molar-refractivity contribution in [3.8, 4) is 0 Å². The first-order valence-electron chi connectivity index (χ1n) is 7.32. The Bertz CT molecular complexity index is 521. The van der Waals surface area contributed by atoms with Crippen LogP contribution in [0.3, 0.4) is 0 Å². The van der Waals surface area contributed by atoms with E-state index >= 15 is 0 Å². The van der Waals surface area contributed by atoms with Crippen molar-refractivity contribution in [3.05, 3.63) is 53.9 Å². The van der Waals surface area contributed by atoms with Crippen molar-refractivity contribution < 1.29 is 5.11 Å². The Morgan fingerprint density at radius 2 is 1.95 bits per heavy atom. The SMILES string of the molecule is CCC(C)C(c1ccccc1)C(O)Cc1cnn(C)c1. The van der Waals surface area contributed by atoms with Crippen molar-refractivity contribution in [3.63, 3.8) is 0 Å². The summed E-state index contributed by atoms with van der Waals surface area (Å²) in [5.41, 5.74) is 2.31. The largest absolute Gasteiger partial charge is 0.392 e. The Morgan fingerprint density at radius 3 is 2.50 bits per heavy atom. The van der Waals surface area contributed by atoms with E-state index in [2.05, 4.69) is 31.1 Å². The van der Waals surface area contributed by atoms with Gasteiger partial charge in [-0.05, 0) is 17.0 Å². The number of hydrogen-bond donors (Lipinski definition) is 1. The molecule has 3 heteroatoms. The van der Waals surface area contributed by atoms with Gasteiger partial charge in [-0.2, -0.15) is 5.10 Å². The molecule has 3 nitrogen and oxygen atoms in total. The molecule has 20 heavy (non-hydrogen) atoms. The molecule has 3 unspecified atom stereocenters. The average Bonchev–Trinajstić information content (AvgIpc) is 2.85. The highest BCUT2D eigenvalue weighted by Crippen LogP contribution is 2.31. The van der Waals surface area contributed by atoms with E-state index in [0.29, 0.717) is 12.3 Å². The molecule has 2 aromatic rings. The molecule has 3 atom stereocenters. The van der Waals surface area contributed by atoms with Crippen LogP contribution < -0.4 is 0 Å². The minimum Gasteiger partial charge on any atom is -0.392 e. The molecular weight excluding hydrogens is 248 g/mol. The lowest BCUT2D eigenvalue weighted by Crippen LogP contribution is -2.26. The third-order valence-corrected chi connectivity index (χ3v) is 4.06. The van der Waals surface area contributed by atoms with Crippen LogP contribution in [-0.2, 0) is 13.5 Å². The highest BCUT2D eigenvalue weighted by Gasteiger charge is 2.26. The van der Waals surface area contributed by atoms with Crippen molar-refractivity contribution in [2.24, 2.45) is 13.0 Å². The molecule has 2 rings (SSSR count). The fourth-order valence-corrected chi connectivity index (χ4v) is 2.80. The lowest BCUT2D eigenvalue weighted by atomic mass is 9.80. The van der Waals surface area contributed by atoms with Crippen molar-refractivity contribution in [1.82, 2.24) is 9.78 Å². The Hall–Kier alpha value is -1.61. The molecule has 1 aromatic heterocycles. The average molecular weight is 272 g/mol. The standard InChI is InChI=1S/C17H24N2O/c1-4-13(2)17(15-8-6-5-7-9-15)16(20)10-14-11-18-19(3)12-14/h5-9,11-13,16-17,20H,4,10H2,1-3H3. The maximum Gasteiger partial charge on any atom is 0.0652 e. The normalized spacial score (nSPS) is 15.8. The Kier molecular flexibility index (Phi) is 4.96. The number of rotatable bonds is 6. The first kappa shape index (κ1) is 14.8. The second-order valence-electron chi connectivity index (χ2n) is 5.62. The van der Waals surface area contributed by atoms with Gasteiger partial charge in [0.05, 0.1) is 12.3 Å². The van der Waals surface area contributed by atoms with E-state index in [-0.39, 0.29) is 12.0 Å². The molecule has 1 N–H and O–H groups in total. The van der Waals surface area contributed by atoms with E-state index in [1.807, 2.05) is 37.6 Å². The van der Waals surface area contributed by atoms with E-state index in [0.717, 1.165) is 12.0 Å². The molecule has 0 aliphatic heterocycles. The smallest absolute Gasteiger partial charge is 0.0652 e. The van der Waals surface area contributed by atoms with Crippen molar-refractivity contribution in [2.45, 2.75) is 38.7 Å². The minimum absolute atomic E-state index is 0.168. The zero-order valence-electron chi connectivity index (χ0n) is 12.5. The van der Waals surface area contributed by atoms with Gasteiger partial charge >= 0.3 is 0 Å². The summed E-state index contributed by atoms with van der Waals surface area (Å²) in [7, 11) is 1.90. The predicted molar refractivity (Wildman–Crippen MR) is 81.6 cm³/mol. The van der Waals surface area contributed by atoms with Gasteiger partial charge in [0.2, 0.25) is 0 Å². The minimum atomic E-state index is -0.378. The summed E-state index contributed by atoms with van der Waals surface area (Å²) >= 11 is 0. The summed E-state index contributed by atoms with van der Waals surface area (Å²) in [6.07, 6.45) is 5.14. The second-order valence-corrected chi connectivity index (χ2v) is 5.62. The zero-order chi connectivity index (χ0) is 14.5. The number of aliphatic hydroxyl groups excluding tert-OH is 1. The second kappa shape index (κ2) is 6.71. The Morgan fingerprint density at radius 1 is 1.25 bits per heavy atom. The topological polar surface area (TPSA) is 38.1 Å². The Balaban J connectivity index is 2.18. The Labute approximate surface area is 121 Å². The van der Waals surface area contributed by atoms with Crippen LogP contribution in [0.25, 0.3) is 0 Å². The number of benzene rings is 1. The third-order valence-electron chi connectivity index (χ3n) is 4.06. The number of hydrogen-bond acceptors (Lipinski definition) is 2. The summed E-state index contributed by atoms with van der Waals surface area (Å²) in [4.78, 5) is 0. The van der Waals surface area contributed by atoms with E-state index in [1.54, 1.807) is 4.68 Å². The lowest BCUT2D eigenvalue weighted by molar-refractivity contribution is 0.117. The molecule has 0 bridgehead atoms. The van der Waals surface area contributed by atoms with Gasteiger partial charge in [0.15, 0.2) is 0 Å². The molecule has 108 valence electrons. The highest BCUT2D eigenvalue weighted by molar-refractivity contribution is 5.22. The van der Waals surface area contributed by atoms with Gasteiger partial charge in [-0.25, -0.2) is 0 Å². The summed E-state index contributed by atoms with van der Waals surface area (Å²) in [5.74, 6) is 0.616. The van der Waals surface area contributed by atoms with Gasteiger partial charge in [0, 0.05) is 25.6 Å². The summed E-state index contributed by atoms with van der Waals surface area (Å²) < 4.78 is 1.78. The van der Waals surface area contributed by atoms with Crippen LogP contribution in [0.15, 0.2) is 42.7 Å². The molecule has 0 aliphatic carbocycles. The molecule has 0 aliphatic rings. The predicted octanol–water partition coefficient (Wildman–Crippen LogP) is 3.15. The van der Waals surface area contributed by atoms with E-state index in [9.17, 15) is 5.11 Å². The van der Waals surface area contributed by atoms with E-state index in [4.69, 9.17) is 0 Å². The van der Waals surface area contributed by atoms with Crippen LogP contribution in [0.4, 0.5) is 0 Å². The molecule has 0 radical (unpaired) electrons. The molecular formula is C17H24N2O. The molecule has 0 saturated carbocycles. The summed E-state index contributed by atoms with van der Waals surface area (Å²) in [6, 6.07) is 10.3. The van der Waals surface area contributed by atoms with Crippen LogP contribution in [0.1, 0.15) is 37.3 Å². The first-order valence-corrected chi connectivity index (χ1v) is 7.32. The molecule has 1 heterocycles. The van der Waals surface area contributed by atoms with Gasteiger partial charge in [-0.3, -0.25) is 4.68 Å². The molecule has 1 aromatic carbocycles. The van der Waals surface area contributed by atoms with Crippen LogP contribution in [0.2, 0.25) is 0 Å². The van der Waals surface area contributed by atoms with E-state index < -0.39 is 0 Å². The van der Waals surface area contributed by atoms with Gasteiger partial charge in [0.1, 0.15) is 0 Å². The number of aromatic nitrogens is 2. The number of aliphatic hydroxyl groups is 1. The lowest BCUT2D eigenvalue weighted by Gasteiger charge is -2.28. The van der Waals surface area contributed by atoms with Crippen molar-refractivity contribution in [2.75, 3.05) is 0 Å². The van der Waals surface area contributed by atoms with E-state index in [1.165, 1.54) is 5.56 Å². The van der Waals surface area contributed by atoms with Crippen LogP contribution in [0.5, 0.6) is 0 Å². The third kappa shape index (κ3) is 3.48. The molecule has 0 spiro atoms. The van der Waals surface area contributed by atoms with Gasteiger partial charge < -0.3 is 5.11 Å². The molecule has 0 fully saturated rings.